The van der Waals surface area contributed by atoms with Gasteiger partial charge in [-0.05, 0) is 43.7 Å². The maximum absolute atomic E-state index is 10.5. The predicted molar refractivity (Wildman–Crippen MR) is 62.6 cm³/mol. The van der Waals surface area contributed by atoms with Crippen LogP contribution in [0.4, 0.5) is 0 Å². The van der Waals surface area contributed by atoms with Crippen molar-refractivity contribution in [2.45, 2.75) is 38.2 Å². The van der Waals surface area contributed by atoms with Crippen LogP contribution in [0.2, 0.25) is 0 Å². The second kappa shape index (κ2) is 4.19. The van der Waals surface area contributed by atoms with Gasteiger partial charge in [0.05, 0.1) is 0 Å². The molecule has 0 saturated heterocycles. The molecule has 15 heavy (non-hydrogen) atoms. The highest BCUT2D eigenvalue weighted by Crippen LogP contribution is 2.34. The molecule has 1 aliphatic carbocycles. The third-order valence-electron chi connectivity index (χ3n) is 3.25. The highest BCUT2D eigenvalue weighted by molar-refractivity contribution is 5.32. The maximum atomic E-state index is 10.5. The van der Waals surface area contributed by atoms with Gasteiger partial charge in [-0.3, -0.25) is 0 Å². The number of rotatable bonds is 2. The molecule has 0 aromatic heterocycles. The molecule has 0 saturated carbocycles. The summed E-state index contributed by atoms with van der Waals surface area (Å²) >= 11 is 0. The zero-order valence-electron chi connectivity index (χ0n) is 9.24. The van der Waals surface area contributed by atoms with Gasteiger partial charge in [0.25, 0.3) is 0 Å². The predicted octanol–water partition coefficient (Wildman–Crippen LogP) is 3.39. The molecule has 1 aromatic rings. The van der Waals surface area contributed by atoms with Gasteiger partial charge in [-0.25, -0.2) is 0 Å². The van der Waals surface area contributed by atoms with E-state index in [2.05, 4.69) is 6.08 Å². The Morgan fingerprint density at radius 3 is 2.47 bits per heavy atom. The van der Waals surface area contributed by atoms with Gasteiger partial charge in [-0.2, -0.15) is 0 Å². The van der Waals surface area contributed by atoms with Gasteiger partial charge in [0.1, 0.15) is 5.60 Å². The summed E-state index contributed by atoms with van der Waals surface area (Å²) in [5, 5.41) is 10.5. The van der Waals surface area contributed by atoms with E-state index >= 15 is 0 Å². The summed E-state index contributed by atoms with van der Waals surface area (Å²) in [5.41, 5.74) is 1.40. The largest absolute Gasteiger partial charge is 0.381 e. The third-order valence-corrected chi connectivity index (χ3v) is 3.25. The van der Waals surface area contributed by atoms with Crippen molar-refractivity contribution in [1.29, 1.82) is 0 Å². The summed E-state index contributed by atoms with van der Waals surface area (Å²) in [6, 6.07) is 9.93. The lowest BCUT2D eigenvalue weighted by Gasteiger charge is -2.29. The molecule has 80 valence electrons. The highest BCUT2D eigenvalue weighted by atomic mass is 16.3. The fourth-order valence-corrected chi connectivity index (χ4v) is 2.23. The molecule has 1 aliphatic rings. The Labute approximate surface area is 91.4 Å². The lowest BCUT2D eigenvalue weighted by Crippen LogP contribution is -2.25. The molecule has 0 amide bonds. The van der Waals surface area contributed by atoms with Crippen LogP contribution in [0.3, 0.4) is 0 Å². The molecular formula is C14H18O. The minimum atomic E-state index is -0.776. The van der Waals surface area contributed by atoms with E-state index in [1.54, 1.807) is 0 Å². The van der Waals surface area contributed by atoms with Gasteiger partial charge >= 0.3 is 0 Å². The molecule has 2 rings (SSSR count). The van der Waals surface area contributed by atoms with Crippen LogP contribution < -0.4 is 0 Å². The van der Waals surface area contributed by atoms with Gasteiger partial charge in [0.2, 0.25) is 0 Å². The average molecular weight is 202 g/mol. The molecule has 0 fully saturated rings. The first-order valence-electron chi connectivity index (χ1n) is 5.68. The van der Waals surface area contributed by atoms with Gasteiger partial charge in [-0.15, -0.1) is 0 Å². The fraction of sp³-hybridized carbons (Fsp3) is 0.429. The molecular weight excluding hydrogens is 184 g/mol. The van der Waals surface area contributed by atoms with E-state index < -0.39 is 5.60 Å². The van der Waals surface area contributed by atoms with Gasteiger partial charge in [-0.1, -0.05) is 36.4 Å². The normalized spacial score (nSPS) is 20.5. The van der Waals surface area contributed by atoms with Gasteiger partial charge in [0, 0.05) is 0 Å². The summed E-state index contributed by atoms with van der Waals surface area (Å²) in [7, 11) is 0. The quantitative estimate of drug-likeness (QED) is 0.729. The van der Waals surface area contributed by atoms with Crippen LogP contribution in [0.15, 0.2) is 42.0 Å². The Morgan fingerprint density at radius 1 is 1.13 bits per heavy atom. The lowest BCUT2D eigenvalue weighted by atomic mass is 9.82. The highest BCUT2D eigenvalue weighted by Gasteiger charge is 2.28. The van der Waals surface area contributed by atoms with Crippen molar-refractivity contribution in [3.63, 3.8) is 0 Å². The van der Waals surface area contributed by atoms with Crippen LogP contribution in [0.1, 0.15) is 38.2 Å². The number of aliphatic hydroxyl groups is 1. The Morgan fingerprint density at radius 2 is 1.87 bits per heavy atom. The van der Waals surface area contributed by atoms with Crippen molar-refractivity contribution in [2.24, 2.45) is 0 Å². The van der Waals surface area contributed by atoms with Crippen LogP contribution in [0, 0.1) is 0 Å². The molecule has 1 heteroatoms. The summed E-state index contributed by atoms with van der Waals surface area (Å²) in [6.45, 7) is 1.90. The number of hydrogen-bond acceptors (Lipinski definition) is 1. The van der Waals surface area contributed by atoms with Gasteiger partial charge < -0.3 is 5.11 Å². The average Bonchev–Trinajstić information content (AvgIpc) is 2.31. The Hall–Kier alpha value is -1.08. The molecule has 0 aliphatic heterocycles. The molecule has 1 aromatic carbocycles. The molecule has 1 nitrogen and oxygen atoms in total. The van der Waals surface area contributed by atoms with Crippen molar-refractivity contribution >= 4 is 0 Å². The van der Waals surface area contributed by atoms with E-state index in [1.807, 2.05) is 37.3 Å². The Balaban J connectivity index is 2.30. The molecule has 0 heterocycles. The van der Waals surface area contributed by atoms with Crippen LogP contribution in [0.25, 0.3) is 0 Å². The summed E-state index contributed by atoms with van der Waals surface area (Å²) in [4.78, 5) is 0. The van der Waals surface area contributed by atoms with Crippen LogP contribution >= 0.6 is 0 Å². The van der Waals surface area contributed by atoms with Crippen molar-refractivity contribution in [3.05, 3.63) is 47.5 Å². The van der Waals surface area contributed by atoms with Gasteiger partial charge in [0.15, 0.2) is 0 Å². The summed E-state index contributed by atoms with van der Waals surface area (Å²) < 4.78 is 0. The van der Waals surface area contributed by atoms with E-state index in [4.69, 9.17) is 0 Å². The molecule has 1 unspecified atom stereocenters. The summed E-state index contributed by atoms with van der Waals surface area (Å²) in [6.07, 6.45) is 6.81. The molecule has 0 spiro atoms. The molecule has 0 bridgehead atoms. The fourth-order valence-electron chi connectivity index (χ4n) is 2.23. The van der Waals surface area contributed by atoms with Crippen LogP contribution in [0.5, 0.6) is 0 Å². The van der Waals surface area contributed by atoms with Crippen molar-refractivity contribution in [3.8, 4) is 0 Å². The van der Waals surface area contributed by atoms with E-state index in [0.717, 1.165) is 18.4 Å². The lowest BCUT2D eigenvalue weighted by molar-refractivity contribution is 0.0915. The monoisotopic (exact) mass is 202 g/mol. The minimum absolute atomic E-state index is 0.776. The maximum Gasteiger partial charge on any atom is 0.108 e. The second-order valence-electron chi connectivity index (χ2n) is 4.41. The van der Waals surface area contributed by atoms with Crippen LogP contribution in [-0.2, 0) is 5.60 Å². The van der Waals surface area contributed by atoms with E-state index in [-0.39, 0.29) is 0 Å². The first-order chi connectivity index (χ1) is 7.21. The van der Waals surface area contributed by atoms with E-state index in [1.165, 1.54) is 18.4 Å². The SMILES string of the molecule is CC(O)(C1=CCCCC1)c1ccccc1. The Bertz CT molecular complexity index is 349. The summed E-state index contributed by atoms with van der Waals surface area (Å²) in [5.74, 6) is 0. The zero-order valence-corrected chi connectivity index (χ0v) is 9.24. The van der Waals surface area contributed by atoms with Crippen molar-refractivity contribution in [1.82, 2.24) is 0 Å². The topological polar surface area (TPSA) is 20.2 Å². The Kier molecular flexibility index (Phi) is 2.92. The van der Waals surface area contributed by atoms with Crippen molar-refractivity contribution in [2.75, 3.05) is 0 Å². The first kappa shape index (κ1) is 10.4. The van der Waals surface area contributed by atoms with E-state index in [0.29, 0.717) is 0 Å². The number of benzene rings is 1. The minimum Gasteiger partial charge on any atom is -0.381 e. The first-order valence-corrected chi connectivity index (χ1v) is 5.68. The standard InChI is InChI=1S/C14H18O/c1-14(15,12-8-4-2-5-9-12)13-10-6-3-7-11-13/h2,4-5,8-10,15H,3,6-7,11H2,1H3. The second-order valence-corrected chi connectivity index (χ2v) is 4.41. The molecule has 0 radical (unpaired) electrons. The van der Waals surface area contributed by atoms with E-state index in [9.17, 15) is 5.11 Å². The van der Waals surface area contributed by atoms with Crippen LogP contribution in [-0.4, -0.2) is 5.11 Å². The zero-order chi connectivity index (χ0) is 10.7. The number of hydrogen-bond donors (Lipinski definition) is 1. The molecule has 1 N–H and O–H groups in total. The smallest absolute Gasteiger partial charge is 0.108 e. The molecule has 1 atom stereocenters. The number of allylic oxidation sites excluding steroid dienone is 1. The van der Waals surface area contributed by atoms with Crippen molar-refractivity contribution < 1.29 is 5.11 Å². The third kappa shape index (κ3) is 2.13.